The Balaban J connectivity index is 2.05. The van der Waals surface area contributed by atoms with E-state index in [2.05, 4.69) is 0 Å². The molecule has 12 heavy (non-hydrogen) atoms. The van der Waals surface area contributed by atoms with Crippen LogP contribution in [0, 0.1) is 5.92 Å². The van der Waals surface area contributed by atoms with Crippen molar-refractivity contribution in [2.45, 2.75) is 45.1 Å². The lowest BCUT2D eigenvalue weighted by molar-refractivity contribution is 0.0360. The van der Waals surface area contributed by atoms with Gasteiger partial charge < -0.3 is 10.5 Å². The Labute approximate surface area is 75.5 Å². The van der Waals surface area contributed by atoms with Crippen molar-refractivity contribution in [3.8, 4) is 0 Å². The summed E-state index contributed by atoms with van der Waals surface area (Å²) in [4.78, 5) is 0. The molecule has 1 aliphatic carbocycles. The van der Waals surface area contributed by atoms with Crippen LogP contribution in [0.4, 0.5) is 0 Å². The molecule has 0 aromatic heterocycles. The molecule has 1 atom stereocenters. The van der Waals surface area contributed by atoms with E-state index >= 15 is 0 Å². The van der Waals surface area contributed by atoms with Gasteiger partial charge in [-0.3, -0.25) is 0 Å². The van der Waals surface area contributed by atoms with Gasteiger partial charge in [0.15, 0.2) is 0 Å². The molecule has 0 amide bonds. The van der Waals surface area contributed by atoms with Crippen LogP contribution in [-0.4, -0.2) is 19.3 Å². The van der Waals surface area contributed by atoms with Crippen molar-refractivity contribution in [1.82, 2.24) is 0 Å². The molecule has 0 spiro atoms. The van der Waals surface area contributed by atoms with E-state index < -0.39 is 0 Å². The minimum Gasteiger partial charge on any atom is -0.377 e. The summed E-state index contributed by atoms with van der Waals surface area (Å²) in [5.41, 5.74) is 5.46. The van der Waals surface area contributed by atoms with E-state index in [0.29, 0.717) is 6.54 Å². The maximum absolute atomic E-state index is 5.61. The number of hydrogen-bond donors (Lipinski definition) is 1. The smallest absolute Gasteiger partial charge is 0.0669 e. The molecule has 1 rings (SSSR count). The number of rotatable bonds is 4. The maximum Gasteiger partial charge on any atom is 0.0669 e. The van der Waals surface area contributed by atoms with Crippen LogP contribution >= 0.6 is 0 Å². The summed E-state index contributed by atoms with van der Waals surface area (Å²) in [6, 6.07) is 0. The maximum atomic E-state index is 5.61. The fraction of sp³-hybridized carbons (Fsp3) is 1.00. The summed E-state index contributed by atoms with van der Waals surface area (Å²) in [5.74, 6) is 0.813. The molecule has 2 N–H and O–H groups in total. The Hall–Kier alpha value is -0.0800. The van der Waals surface area contributed by atoms with Crippen molar-refractivity contribution < 1.29 is 4.74 Å². The number of ether oxygens (including phenoxy) is 1. The monoisotopic (exact) mass is 171 g/mol. The van der Waals surface area contributed by atoms with Crippen LogP contribution in [0.2, 0.25) is 0 Å². The van der Waals surface area contributed by atoms with E-state index in [4.69, 9.17) is 10.5 Å². The molecule has 1 saturated carbocycles. The fourth-order valence-corrected chi connectivity index (χ4v) is 1.72. The van der Waals surface area contributed by atoms with Crippen LogP contribution in [0.25, 0.3) is 0 Å². The second kappa shape index (κ2) is 5.55. The third-order valence-electron chi connectivity index (χ3n) is 2.67. The second-order valence-corrected chi connectivity index (χ2v) is 3.88. The summed E-state index contributed by atoms with van der Waals surface area (Å²) in [5, 5.41) is 0. The minimum atomic E-state index is 0.243. The lowest BCUT2D eigenvalue weighted by atomic mass is 9.90. The normalized spacial score (nSPS) is 22.5. The molecular weight excluding hydrogens is 150 g/mol. The summed E-state index contributed by atoms with van der Waals surface area (Å²) >= 11 is 0. The SMILES string of the molecule is CC(CN)OCC1CCCCC1. The third kappa shape index (κ3) is 3.55. The molecule has 0 saturated heterocycles. The van der Waals surface area contributed by atoms with Gasteiger partial charge in [-0.05, 0) is 25.7 Å². The largest absolute Gasteiger partial charge is 0.377 e. The van der Waals surface area contributed by atoms with E-state index in [1.165, 1.54) is 32.1 Å². The predicted molar refractivity (Wildman–Crippen MR) is 51.0 cm³/mol. The average Bonchev–Trinajstić information content (AvgIpc) is 2.16. The molecule has 0 aliphatic heterocycles. The summed E-state index contributed by atoms with van der Waals surface area (Å²) in [6.45, 7) is 3.62. The first-order chi connectivity index (χ1) is 5.83. The predicted octanol–water partition coefficient (Wildman–Crippen LogP) is 1.93. The highest BCUT2D eigenvalue weighted by Crippen LogP contribution is 2.23. The van der Waals surface area contributed by atoms with Gasteiger partial charge in [0.1, 0.15) is 0 Å². The summed E-state index contributed by atoms with van der Waals surface area (Å²) < 4.78 is 5.61. The Kier molecular flexibility index (Phi) is 4.62. The standard InChI is InChI=1S/C10H21NO/c1-9(7-11)12-8-10-5-3-2-4-6-10/h9-10H,2-8,11H2,1H3. The van der Waals surface area contributed by atoms with E-state index in [1.807, 2.05) is 6.92 Å². The van der Waals surface area contributed by atoms with E-state index in [1.54, 1.807) is 0 Å². The van der Waals surface area contributed by atoms with Gasteiger partial charge in [-0.1, -0.05) is 19.3 Å². The molecule has 72 valence electrons. The Morgan fingerprint density at radius 2 is 2.00 bits per heavy atom. The molecule has 0 radical (unpaired) electrons. The zero-order chi connectivity index (χ0) is 8.81. The van der Waals surface area contributed by atoms with E-state index in [0.717, 1.165) is 12.5 Å². The average molecular weight is 171 g/mol. The van der Waals surface area contributed by atoms with Crippen molar-refractivity contribution in [3.05, 3.63) is 0 Å². The van der Waals surface area contributed by atoms with Gasteiger partial charge in [-0.25, -0.2) is 0 Å². The van der Waals surface area contributed by atoms with Crippen LogP contribution in [0.15, 0.2) is 0 Å². The summed E-state index contributed by atoms with van der Waals surface area (Å²) in [6.07, 6.45) is 7.17. The van der Waals surface area contributed by atoms with Gasteiger partial charge in [-0.15, -0.1) is 0 Å². The van der Waals surface area contributed by atoms with Crippen molar-refractivity contribution in [3.63, 3.8) is 0 Å². The van der Waals surface area contributed by atoms with Crippen molar-refractivity contribution in [1.29, 1.82) is 0 Å². The van der Waals surface area contributed by atoms with Gasteiger partial charge in [0, 0.05) is 13.2 Å². The van der Waals surface area contributed by atoms with E-state index in [9.17, 15) is 0 Å². The molecule has 0 aromatic rings. The first-order valence-electron chi connectivity index (χ1n) is 5.14. The van der Waals surface area contributed by atoms with Gasteiger partial charge in [-0.2, -0.15) is 0 Å². The second-order valence-electron chi connectivity index (χ2n) is 3.88. The molecule has 2 nitrogen and oxygen atoms in total. The topological polar surface area (TPSA) is 35.2 Å². The molecule has 0 heterocycles. The first-order valence-corrected chi connectivity index (χ1v) is 5.14. The third-order valence-corrected chi connectivity index (χ3v) is 2.67. The molecule has 0 aromatic carbocycles. The highest BCUT2D eigenvalue weighted by molar-refractivity contribution is 4.65. The van der Waals surface area contributed by atoms with E-state index in [-0.39, 0.29) is 6.10 Å². The lowest BCUT2D eigenvalue weighted by Crippen LogP contribution is -2.24. The van der Waals surface area contributed by atoms with Crippen molar-refractivity contribution in [2.24, 2.45) is 11.7 Å². The summed E-state index contributed by atoms with van der Waals surface area (Å²) in [7, 11) is 0. The van der Waals surface area contributed by atoms with Gasteiger partial charge in [0.2, 0.25) is 0 Å². The number of nitrogens with two attached hydrogens (primary N) is 1. The van der Waals surface area contributed by atoms with Gasteiger partial charge in [0.25, 0.3) is 0 Å². The van der Waals surface area contributed by atoms with Gasteiger partial charge in [0.05, 0.1) is 6.10 Å². The first kappa shape index (κ1) is 10.0. The van der Waals surface area contributed by atoms with Crippen LogP contribution in [0.5, 0.6) is 0 Å². The zero-order valence-electron chi connectivity index (χ0n) is 8.09. The number of hydrogen-bond acceptors (Lipinski definition) is 2. The molecule has 1 unspecified atom stereocenters. The quantitative estimate of drug-likeness (QED) is 0.701. The molecule has 0 bridgehead atoms. The lowest BCUT2D eigenvalue weighted by Gasteiger charge is -2.22. The molecular formula is C10H21NO. The molecule has 1 aliphatic rings. The Morgan fingerprint density at radius 1 is 1.33 bits per heavy atom. The highest BCUT2D eigenvalue weighted by Gasteiger charge is 2.14. The van der Waals surface area contributed by atoms with Crippen LogP contribution in [0.1, 0.15) is 39.0 Å². The minimum absolute atomic E-state index is 0.243. The Bertz CT molecular complexity index is 110. The molecule has 1 fully saturated rings. The van der Waals surface area contributed by atoms with Crippen LogP contribution in [0.3, 0.4) is 0 Å². The fourth-order valence-electron chi connectivity index (χ4n) is 1.72. The highest BCUT2D eigenvalue weighted by atomic mass is 16.5. The van der Waals surface area contributed by atoms with Crippen LogP contribution < -0.4 is 5.73 Å². The van der Waals surface area contributed by atoms with Crippen molar-refractivity contribution >= 4 is 0 Å². The van der Waals surface area contributed by atoms with Crippen molar-refractivity contribution in [2.75, 3.05) is 13.2 Å². The van der Waals surface area contributed by atoms with Gasteiger partial charge >= 0.3 is 0 Å². The Morgan fingerprint density at radius 3 is 2.58 bits per heavy atom. The van der Waals surface area contributed by atoms with Crippen LogP contribution in [-0.2, 0) is 4.74 Å². The molecule has 2 heteroatoms. The zero-order valence-corrected chi connectivity index (χ0v) is 8.09.